The first kappa shape index (κ1) is 14.7. The quantitative estimate of drug-likeness (QED) is 0.845. The van der Waals surface area contributed by atoms with Gasteiger partial charge in [-0.3, -0.25) is 0 Å². The molecule has 1 heterocycles. The summed E-state index contributed by atoms with van der Waals surface area (Å²) in [6.07, 6.45) is 5.68. The van der Waals surface area contributed by atoms with Gasteiger partial charge in [0.05, 0.1) is 5.82 Å². The minimum Gasteiger partial charge on any atom is -0.370 e. The van der Waals surface area contributed by atoms with Gasteiger partial charge in [-0.25, -0.2) is 0 Å². The molecule has 0 spiro atoms. The molecule has 0 radical (unpaired) electrons. The third kappa shape index (κ3) is 4.14. The fourth-order valence-corrected chi connectivity index (χ4v) is 3.04. The lowest BCUT2D eigenvalue weighted by Gasteiger charge is -2.17. The van der Waals surface area contributed by atoms with Crippen LogP contribution in [0.5, 0.6) is 0 Å². The zero-order valence-corrected chi connectivity index (χ0v) is 13.0. The van der Waals surface area contributed by atoms with Gasteiger partial charge in [0.15, 0.2) is 0 Å². The van der Waals surface area contributed by atoms with E-state index in [1.54, 1.807) is 0 Å². The van der Waals surface area contributed by atoms with Gasteiger partial charge in [0.25, 0.3) is 0 Å². The predicted octanol–water partition coefficient (Wildman–Crippen LogP) is 3.83. The molecule has 3 rings (SSSR count). The Morgan fingerprint density at radius 1 is 0.864 bits per heavy atom. The molecule has 0 aromatic heterocycles. The van der Waals surface area contributed by atoms with Crippen LogP contribution in [0.4, 0.5) is 0 Å². The molecule has 114 valence electrons. The van der Waals surface area contributed by atoms with Gasteiger partial charge in [-0.1, -0.05) is 60.7 Å². The van der Waals surface area contributed by atoms with Gasteiger partial charge in [-0.15, -0.1) is 0 Å². The van der Waals surface area contributed by atoms with E-state index >= 15 is 0 Å². The van der Waals surface area contributed by atoms with Crippen LogP contribution in [-0.2, 0) is 6.42 Å². The molecule has 0 aliphatic carbocycles. The van der Waals surface area contributed by atoms with E-state index in [2.05, 4.69) is 77.4 Å². The molecule has 2 heteroatoms. The monoisotopic (exact) mass is 292 g/mol. The minimum atomic E-state index is 0.571. The van der Waals surface area contributed by atoms with Crippen LogP contribution in [0.2, 0.25) is 0 Å². The minimum absolute atomic E-state index is 0.571. The van der Waals surface area contributed by atoms with E-state index < -0.39 is 0 Å². The second-order valence-corrected chi connectivity index (χ2v) is 5.85. The second kappa shape index (κ2) is 7.69. The van der Waals surface area contributed by atoms with E-state index in [9.17, 15) is 0 Å². The molecule has 22 heavy (non-hydrogen) atoms. The van der Waals surface area contributed by atoms with Crippen LogP contribution in [0.3, 0.4) is 0 Å². The third-order valence-electron chi connectivity index (χ3n) is 4.22. The summed E-state index contributed by atoms with van der Waals surface area (Å²) in [5.41, 5.74) is 2.86. The second-order valence-electron chi connectivity index (χ2n) is 5.85. The number of rotatable bonds is 6. The number of hydrogen-bond acceptors (Lipinski definition) is 2. The first-order valence-electron chi connectivity index (χ1n) is 8.18. The Morgan fingerprint density at radius 2 is 1.50 bits per heavy atom. The summed E-state index contributed by atoms with van der Waals surface area (Å²) in [4.78, 5) is 0. The Hall–Kier alpha value is -2.22. The molecule has 1 aliphatic rings. The largest absolute Gasteiger partial charge is 0.370 e. The highest BCUT2D eigenvalue weighted by Gasteiger charge is 2.12. The fourth-order valence-electron chi connectivity index (χ4n) is 3.04. The van der Waals surface area contributed by atoms with E-state index in [1.165, 1.54) is 23.4 Å². The highest BCUT2D eigenvalue weighted by atomic mass is 15.2. The molecule has 2 N–H and O–H groups in total. The topological polar surface area (TPSA) is 24.1 Å². The van der Waals surface area contributed by atoms with E-state index in [-0.39, 0.29) is 0 Å². The summed E-state index contributed by atoms with van der Waals surface area (Å²) in [5.74, 6) is 1.77. The SMILES string of the molecule is C(CCC(Cc1ccccc1)c1ccccc1)=C1NCCN1. The van der Waals surface area contributed by atoms with Crippen LogP contribution in [0.25, 0.3) is 0 Å². The molecule has 1 saturated heterocycles. The molecule has 1 aliphatic heterocycles. The van der Waals surface area contributed by atoms with E-state index in [0.29, 0.717) is 5.92 Å². The molecule has 2 aromatic carbocycles. The molecule has 1 unspecified atom stereocenters. The lowest BCUT2D eigenvalue weighted by molar-refractivity contribution is 0.626. The molecule has 0 saturated carbocycles. The zero-order chi connectivity index (χ0) is 15.0. The van der Waals surface area contributed by atoms with Crippen LogP contribution in [0, 0.1) is 0 Å². The van der Waals surface area contributed by atoms with Gasteiger partial charge in [0.2, 0.25) is 0 Å². The normalized spacial score (nSPS) is 15.0. The molecular weight excluding hydrogens is 268 g/mol. The average Bonchev–Trinajstić information content (AvgIpc) is 3.09. The van der Waals surface area contributed by atoms with Crippen molar-refractivity contribution in [1.29, 1.82) is 0 Å². The smallest absolute Gasteiger partial charge is 0.0946 e. The Labute approximate surface area is 133 Å². The molecule has 1 fully saturated rings. The summed E-state index contributed by atoms with van der Waals surface area (Å²) in [6, 6.07) is 21.7. The Balaban J connectivity index is 1.67. The van der Waals surface area contributed by atoms with Crippen molar-refractivity contribution in [3.05, 3.63) is 83.7 Å². The maximum atomic E-state index is 3.37. The van der Waals surface area contributed by atoms with Crippen molar-refractivity contribution in [2.24, 2.45) is 0 Å². The van der Waals surface area contributed by atoms with Crippen molar-refractivity contribution in [2.75, 3.05) is 13.1 Å². The summed E-state index contributed by atoms with van der Waals surface area (Å²) in [6.45, 7) is 2.08. The highest BCUT2D eigenvalue weighted by Crippen LogP contribution is 2.26. The summed E-state index contributed by atoms with van der Waals surface area (Å²) in [7, 11) is 0. The Morgan fingerprint density at radius 3 is 2.18 bits per heavy atom. The Bertz CT molecular complexity index is 582. The fraction of sp³-hybridized carbons (Fsp3) is 0.300. The van der Waals surface area contributed by atoms with Crippen molar-refractivity contribution in [3.8, 4) is 0 Å². The molecule has 2 nitrogen and oxygen atoms in total. The Kier molecular flexibility index (Phi) is 5.14. The van der Waals surface area contributed by atoms with Gasteiger partial charge in [0.1, 0.15) is 0 Å². The number of nitrogens with one attached hydrogen (secondary N) is 2. The highest BCUT2D eigenvalue weighted by molar-refractivity contribution is 5.24. The summed E-state index contributed by atoms with van der Waals surface area (Å²) in [5, 5.41) is 6.74. The van der Waals surface area contributed by atoms with Crippen molar-refractivity contribution in [3.63, 3.8) is 0 Å². The van der Waals surface area contributed by atoms with Crippen molar-refractivity contribution in [1.82, 2.24) is 10.6 Å². The summed E-state index contributed by atoms with van der Waals surface area (Å²) >= 11 is 0. The molecular formula is C20H24N2. The van der Waals surface area contributed by atoms with Gasteiger partial charge >= 0.3 is 0 Å². The summed E-state index contributed by atoms with van der Waals surface area (Å²) < 4.78 is 0. The average molecular weight is 292 g/mol. The third-order valence-corrected chi connectivity index (χ3v) is 4.22. The van der Waals surface area contributed by atoms with E-state index in [4.69, 9.17) is 0 Å². The number of allylic oxidation sites excluding steroid dienone is 1. The van der Waals surface area contributed by atoms with Crippen LogP contribution in [-0.4, -0.2) is 13.1 Å². The van der Waals surface area contributed by atoms with Gasteiger partial charge in [-0.2, -0.15) is 0 Å². The predicted molar refractivity (Wildman–Crippen MR) is 92.7 cm³/mol. The molecule has 2 aromatic rings. The van der Waals surface area contributed by atoms with Crippen LogP contribution < -0.4 is 10.6 Å². The van der Waals surface area contributed by atoms with E-state index in [0.717, 1.165) is 25.9 Å². The lowest BCUT2D eigenvalue weighted by Crippen LogP contribution is -2.10. The standard InChI is InChI=1S/C20H24N2/c1-3-8-17(9-4-1)16-19(18-10-5-2-6-11-18)12-7-13-20-21-14-15-22-20/h1-6,8-11,13,19,21-22H,7,12,14-16H2. The molecule has 0 amide bonds. The number of benzene rings is 2. The number of hydrogen-bond donors (Lipinski definition) is 2. The first-order valence-corrected chi connectivity index (χ1v) is 8.18. The maximum Gasteiger partial charge on any atom is 0.0946 e. The van der Waals surface area contributed by atoms with E-state index in [1.807, 2.05) is 0 Å². The van der Waals surface area contributed by atoms with Gasteiger partial charge in [0, 0.05) is 13.1 Å². The molecule has 1 atom stereocenters. The van der Waals surface area contributed by atoms with Crippen molar-refractivity contribution >= 4 is 0 Å². The maximum absolute atomic E-state index is 3.37. The van der Waals surface area contributed by atoms with Crippen LogP contribution >= 0.6 is 0 Å². The van der Waals surface area contributed by atoms with Gasteiger partial charge < -0.3 is 10.6 Å². The lowest BCUT2D eigenvalue weighted by atomic mass is 9.88. The van der Waals surface area contributed by atoms with Crippen molar-refractivity contribution < 1.29 is 0 Å². The van der Waals surface area contributed by atoms with Gasteiger partial charge in [-0.05, 0) is 42.4 Å². The molecule has 0 bridgehead atoms. The zero-order valence-electron chi connectivity index (χ0n) is 13.0. The van der Waals surface area contributed by atoms with Crippen molar-refractivity contribution in [2.45, 2.75) is 25.2 Å². The first-order chi connectivity index (χ1) is 10.9. The van der Waals surface area contributed by atoms with Crippen LogP contribution in [0.1, 0.15) is 29.9 Å². The van der Waals surface area contributed by atoms with Crippen LogP contribution in [0.15, 0.2) is 72.6 Å².